The molecule has 0 aliphatic carbocycles. The van der Waals surface area contributed by atoms with E-state index in [1.54, 1.807) is 24.3 Å². The first kappa shape index (κ1) is 36.2. The molecular formula is C31H41N3O9. The number of aliphatic carboxylic acids is 2. The predicted octanol–water partition coefficient (Wildman–Crippen LogP) is 2.81. The summed E-state index contributed by atoms with van der Waals surface area (Å²) in [4.78, 5) is 55.5. The molecule has 0 aromatic heterocycles. The highest BCUT2D eigenvalue weighted by molar-refractivity contribution is 5.96. The molecule has 3 amide bonds. The van der Waals surface area contributed by atoms with Crippen molar-refractivity contribution >= 4 is 30.2 Å². The van der Waals surface area contributed by atoms with E-state index >= 15 is 0 Å². The number of rotatable bonds is 17. The third-order valence-corrected chi connectivity index (χ3v) is 5.76. The minimum Gasteiger partial charge on any atom is -0.494 e. The highest BCUT2D eigenvalue weighted by Crippen LogP contribution is 2.15. The van der Waals surface area contributed by atoms with Crippen molar-refractivity contribution in [3.8, 4) is 5.75 Å². The number of hydrogen-bond acceptors (Lipinski definition) is 7. The Morgan fingerprint density at radius 1 is 0.953 bits per heavy atom. The quantitative estimate of drug-likeness (QED) is 0.171. The van der Waals surface area contributed by atoms with Crippen LogP contribution in [0.5, 0.6) is 5.75 Å². The molecule has 12 heteroatoms. The fourth-order valence-electron chi connectivity index (χ4n) is 3.62. The Bertz CT molecular complexity index is 1180. The first-order chi connectivity index (χ1) is 20.7. The van der Waals surface area contributed by atoms with Crippen LogP contribution in [-0.4, -0.2) is 65.6 Å². The normalized spacial score (nSPS) is 12.1. The average Bonchev–Trinajstić information content (AvgIpc) is 3.85. The summed E-state index contributed by atoms with van der Waals surface area (Å²) in [5.74, 6) is -1.92. The van der Waals surface area contributed by atoms with E-state index in [-0.39, 0.29) is 24.5 Å². The van der Waals surface area contributed by atoms with Gasteiger partial charge in [0, 0.05) is 19.4 Å². The molecule has 5 N–H and O–H groups in total. The SMILES string of the molecule is CC.CCOc1ccc(CC(NC(=O)C2=CO2)C(=O)O)cc1.O=CN[C@@H](CCCC(=O)O)C(=O)NCCc1ccccc1. The van der Waals surface area contributed by atoms with Gasteiger partial charge >= 0.3 is 11.9 Å². The van der Waals surface area contributed by atoms with Gasteiger partial charge in [-0.25, -0.2) is 4.79 Å². The molecule has 2 atom stereocenters. The first-order valence-corrected chi connectivity index (χ1v) is 14.1. The maximum Gasteiger partial charge on any atom is 0.326 e. The van der Waals surface area contributed by atoms with E-state index in [9.17, 15) is 24.0 Å². The number of carbonyl (C=O) groups excluding carboxylic acids is 3. The van der Waals surface area contributed by atoms with Gasteiger partial charge in [-0.2, -0.15) is 0 Å². The zero-order chi connectivity index (χ0) is 32.0. The lowest BCUT2D eigenvalue weighted by Gasteiger charge is -2.15. The largest absolute Gasteiger partial charge is 0.494 e. The number of benzene rings is 2. The van der Waals surface area contributed by atoms with Gasteiger partial charge in [0.05, 0.1) is 6.61 Å². The summed E-state index contributed by atoms with van der Waals surface area (Å²) >= 11 is 0. The summed E-state index contributed by atoms with van der Waals surface area (Å²) in [6.07, 6.45) is 3.26. The summed E-state index contributed by atoms with van der Waals surface area (Å²) < 4.78 is 9.92. The number of carboxylic acid groups (broad SMARTS) is 2. The van der Waals surface area contributed by atoms with Crippen molar-refractivity contribution in [2.24, 2.45) is 0 Å². The number of amides is 3. The molecule has 12 nitrogen and oxygen atoms in total. The molecule has 234 valence electrons. The van der Waals surface area contributed by atoms with Crippen molar-refractivity contribution in [2.45, 2.75) is 65.0 Å². The molecule has 0 fully saturated rings. The van der Waals surface area contributed by atoms with Crippen molar-refractivity contribution in [2.75, 3.05) is 13.2 Å². The van der Waals surface area contributed by atoms with Crippen LogP contribution in [0.25, 0.3) is 0 Å². The van der Waals surface area contributed by atoms with Gasteiger partial charge in [-0.1, -0.05) is 56.3 Å². The molecule has 43 heavy (non-hydrogen) atoms. The third-order valence-electron chi connectivity index (χ3n) is 5.76. The lowest BCUT2D eigenvalue weighted by atomic mass is 10.1. The fraction of sp³-hybridized carbons (Fsp3) is 0.387. The number of hydrogen-bond donors (Lipinski definition) is 5. The monoisotopic (exact) mass is 599 g/mol. The molecule has 0 radical (unpaired) electrons. The van der Waals surface area contributed by atoms with Crippen LogP contribution >= 0.6 is 0 Å². The van der Waals surface area contributed by atoms with Gasteiger partial charge in [-0.05, 0) is 49.4 Å². The molecule has 1 heterocycles. The molecule has 1 unspecified atom stereocenters. The van der Waals surface area contributed by atoms with Crippen LogP contribution in [0.3, 0.4) is 0 Å². The smallest absolute Gasteiger partial charge is 0.326 e. The highest BCUT2D eigenvalue weighted by Gasteiger charge is 2.27. The van der Waals surface area contributed by atoms with Gasteiger partial charge in [-0.3, -0.25) is 19.2 Å². The maximum atomic E-state index is 11.9. The Morgan fingerprint density at radius 2 is 1.60 bits per heavy atom. The van der Waals surface area contributed by atoms with Crippen molar-refractivity contribution in [3.05, 3.63) is 77.7 Å². The number of carbonyl (C=O) groups is 5. The summed E-state index contributed by atoms with van der Waals surface area (Å²) in [5.41, 5.74) is 1.91. The first-order valence-electron chi connectivity index (χ1n) is 14.1. The average molecular weight is 600 g/mol. The zero-order valence-corrected chi connectivity index (χ0v) is 24.7. The summed E-state index contributed by atoms with van der Waals surface area (Å²) in [6.45, 7) is 6.93. The van der Waals surface area contributed by atoms with Crippen LogP contribution in [0.1, 0.15) is 51.2 Å². The molecular weight excluding hydrogens is 558 g/mol. The summed E-state index contributed by atoms with van der Waals surface area (Å²) in [7, 11) is 0. The van der Waals surface area contributed by atoms with E-state index in [1.165, 1.54) is 6.26 Å². The fourth-order valence-corrected chi connectivity index (χ4v) is 3.62. The molecule has 0 bridgehead atoms. The van der Waals surface area contributed by atoms with E-state index < -0.39 is 29.9 Å². The topological polar surface area (TPSA) is 184 Å². The van der Waals surface area contributed by atoms with E-state index in [4.69, 9.17) is 14.9 Å². The summed E-state index contributed by atoms with van der Waals surface area (Å²) in [5, 5.41) is 25.3. The van der Waals surface area contributed by atoms with E-state index in [0.717, 1.165) is 16.9 Å². The summed E-state index contributed by atoms with van der Waals surface area (Å²) in [6, 6.07) is 15.1. The molecule has 0 saturated heterocycles. The van der Waals surface area contributed by atoms with Crippen LogP contribution in [0, 0.1) is 0 Å². The van der Waals surface area contributed by atoms with Crippen LogP contribution in [0.2, 0.25) is 0 Å². The van der Waals surface area contributed by atoms with Crippen molar-refractivity contribution in [1.29, 1.82) is 0 Å². The molecule has 3 rings (SSSR count). The second kappa shape index (κ2) is 20.9. The molecule has 2 aromatic rings. The predicted molar refractivity (Wildman–Crippen MR) is 159 cm³/mol. The second-order valence-corrected chi connectivity index (χ2v) is 8.90. The van der Waals surface area contributed by atoms with E-state index in [1.807, 2.05) is 51.1 Å². The number of carboxylic acids is 2. The van der Waals surface area contributed by atoms with Gasteiger partial charge < -0.3 is 35.6 Å². The third kappa shape index (κ3) is 15.6. The number of nitrogens with one attached hydrogen (secondary N) is 3. The minimum atomic E-state index is -1.09. The van der Waals surface area contributed by atoms with Crippen LogP contribution in [0.15, 0.2) is 66.6 Å². The maximum absolute atomic E-state index is 11.9. The molecule has 1 aliphatic heterocycles. The second-order valence-electron chi connectivity index (χ2n) is 8.90. The Hall–Kier alpha value is -4.87. The Labute approximate surface area is 251 Å². The van der Waals surface area contributed by atoms with Crippen LogP contribution in [-0.2, 0) is 41.6 Å². The lowest BCUT2D eigenvalue weighted by Crippen LogP contribution is -2.44. The Balaban J connectivity index is 0.000000407. The van der Waals surface area contributed by atoms with E-state index in [2.05, 4.69) is 20.7 Å². The highest BCUT2D eigenvalue weighted by atomic mass is 16.5. The van der Waals surface area contributed by atoms with E-state index in [0.29, 0.717) is 38.8 Å². The molecule has 0 saturated carbocycles. The van der Waals surface area contributed by atoms with Crippen LogP contribution < -0.4 is 20.7 Å². The minimum absolute atomic E-state index is 0.0195. The molecule has 2 aromatic carbocycles. The molecule has 1 aliphatic rings. The van der Waals surface area contributed by atoms with Gasteiger partial charge in [0.2, 0.25) is 18.1 Å². The van der Waals surface area contributed by atoms with Crippen molar-refractivity contribution in [3.63, 3.8) is 0 Å². The van der Waals surface area contributed by atoms with Gasteiger partial charge in [-0.15, -0.1) is 0 Å². The standard InChI is InChI=1S/C15H20N2O4.C14H15NO5.C2H6/c18-11-17-13(7-4-8-14(19)20)15(21)16-10-9-12-5-2-1-3-6-12;1-2-19-10-5-3-9(4-6-10)7-11(14(17)18)15-13(16)12-8-20-12;1-2/h1-3,5-6,11,13H,4,7-10H2,(H,16,21)(H,17,18)(H,19,20);3-6,8,11H,2,7H2,1H3,(H,15,16)(H,17,18);1-2H3/t13-;;/m0../s1. The van der Waals surface area contributed by atoms with Gasteiger partial charge in [0.1, 0.15) is 24.1 Å². The van der Waals surface area contributed by atoms with Crippen molar-refractivity contribution < 1.29 is 43.7 Å². The Morgan fingerprint density at radius 3 is 2.14 bits per heavy atom. The molecule has 0 spiro atoms. The van der Waals surface area contributed by atoms with Crippen LogP contribution in [0.4, 0.5) is 0 Å². The van der Waals surface area contributed by atoms with Crippen molar-refractivity contribution in [1.82, 2.24) is 16.0 Å². The zero-order valence-electron chi connectivity index (χ0n) is 24.7. The lowest BCUT2D eigenvalue weighted by molar-refractivity contribution is -0.141. The van der Waals surface area contributed by atoms with Gasteiger partial charge in [0.15, 0.2) is 0 Å². The Kier molecular flexibility index (Phi) is 17.6. The van der Waals surface area contributed by atoms with Gasteiger partial charge in [0.25, 0.3) is 5.91 Å². The number of ether oxygens (including phenoxy) is 2.